The summed E-state index contributed by atoms with van der Waals surface area (Å²) in [5.74, 6) is 5.93. The van der Waals surface area contributed by atoms with Crippen molar-refractivity contribution in [1.82, 2.24) is 4.90 Å². The van der Waals surface area contributed by atoms with Crippen molar-refractivity contribution in [3.63, 3.8) is 0 Å². The second-order valence-corrected chi connectivity index (χ2v) is 5.13. The first-order valence-electron chi connectivity index (χ1n) is 7.43. The Morgan fingerprint density at radius 1 is 1.25 bits per heavy atom. The van der Waals surface area contributed by atoms with Gasteiger partial charge in [0.05, 0.1) is 12.6 Å². The summed E-state index contributed by atoms with van der Waals surface area (Å²) in [7, 11) is 0. The maximum Gasteiger partial charge on any atom is 0.0599 e. The molecule has 0 saturated carbocycles. The number of rotatable bonds is 4. The summed E-state index contributed by atoms with van der Waals surface area (Å²) in [6.07, 6.45) is 2.76. The molecule has 1 aromatic carbocycles. The van der Waals surface area contributed by atoms with E-state index in [0.717, 1.165) is 44.6 Å². The molecule has 20 heavy (non-hydrogen) atoms. The average molecular weight is 272 g/mol. The molecule has 1 aliphatic rings. The van der Waals surface area contributed by atoms with Gasteiger partial charge in [-0.1, -0.05) is 24.0 Å². The predicted molar refractivity (Wildman–Crippen MR) is 82.3 cm³/mol. The van der Waals surface area contributed by atoms with Crippen LogP contribution in [0.25, 0.3) is 0 Å². The molecule has 1 aliphatic heterocycles. The lowest BCUT2D eigenvalue weighted by Gasteiger charge is -2.31. The molecule has 2 N–H and O–H groups in total. The molecular weight excluding hydrogens is 248 g/mol. The lowest BCUT2D eigenvalue weighted by atomic mass is 10.1. The second-order valence-electron chi connectivity index (χ2n) is 5.13. The number of ether oxygens (including phenoxy) is 1. The van der Waals surface area contributed by atoms with Gasteiger partial charge in [0.1, 0.15) is 0 Å². The normalized spacial score (nSPS) is 16.7. The molecule has 1 aromatic rings. The first-order chi connectivity index (χ1) is 9.81. The molecule has 108 valence electrons. The lowest BCUT2D eigenvalue weighted by molar-refractivity contribution is 0.0125. The zero-order chi connectivity index (χ0) is 14.2. The number of benzene rings is 1. The highest BCUT2D eigenvalue weighted by Crippen LogP contribution is 2.16. The van der Waals surface area contributed by atoms with Crippen LogP contribution < -0.4 is 5.73 Å². The second kappa shape index (κ2) is 8.06. The van der Waals surface area contributed by atoms with Gasteiger partial charge in [-0.15, -0.1) is 0 Å². The van der Waals surface area contributed by atoms with Crippen molar-refractivity contribution in [3.05, 3.63) is 35.4 Å². The van der Waals surface area contributed by atoms with Crippen LogP contribution in [-0.2, 0) is 11.3 Å². The summed E-state index contributed by atoms with van der Waals surface area (Å²) in [5, 5.41) is 0. The van der Waals surface area contributed by atoms with Crippen LogP contribution in [0.15, 0.2) is 24.3 Å². The van der Waals surface area contributed by atoms with Crippen molar-refractivity contribution in [2.45, 2.75) is 32.4 Å². The molecular formula is C17H24N2O. The van der Waals surface area contributed by atoms with Crippen LogP contribution in [0.1, 0.15) is 30.9 Å². The van der Waals surface area contributed by atoms with Crippen molar-refractivity contribution in [3.8, 4) is 11.8 Å². The van der Waals surface area contributed by atoms with Gasteiger partial charge < -0.3 is 10.5 Å². The minimum absolute atomic E-state index is 0.413. The van der Waals surface area contributed by atoms with Crippen LogP contribution in [0, 0.1) is 11.8 Å². The molecule has 0 atom stereocenters. The fourth-order valence-electron chi connectivity index (χ4n) is 2.57. The minimum atomic E-state index is 0.413. The number of nitrogens with two attached hydrogens (primary N) is 1. The molecule has 0 unspecified atom stereocenters. The Balaban J connectivity index is 1.82. The Morgan fingerprint density at radius 3 is 2.55 bits per heavy atom. The van der Waals surface area contributed by atoms with Crippen LogP contribution in [0.3, 0.4) is 0 Å². The zero-order valence-electron chi connectivity index (χ0n) is 12.3. The minimum Gasteiger partial charge on any atom is -0.378 e. The Kier molecular flexibility index (Phi) is 6.07. The third kappa shape index (κ3) is 4.64. The van der Waals surface area contributed by atoms with Gasteiger partial charge in [-0.2, -0.15) is 0 Å². The molecule has 3 nitrogen and oxygen atoms in total. The lowest BCUT2D eigenvalue weighted by Crippen LogP contribution is -2.36. The van der Waals surface area contributed by atoms with Gasteiger partial charge in [-0.25, -0.2) is 0 Å². The summed E-state index contributed by atoms with van der Waals surface area (Å²) in [4.78, 5) is 2.50. The van der Waals surface area contributed by atoms with Gasteiger partial charge in [0.25, 0.3) is 0 Å². The molecule has 0 bridgehead atoms. The van der Waals surface area contributed by atoms with Gasteiger partial charge >= 0.3 is 0 Å². The van der Waals surface area contributed by atoms with Crippen molar-refractivity contribution in [2.24, 2.45) is 5.73 Å². The van der Waals surface area contributed by atoms with E-state index >= 15 is 0 Å². The summed E-state index contributed by atoms with van der Waals surface area (Å²) < 4.78 is 5.68. The molecule has 3 heteroatoms. The molecule has 0 radical (unpaired) electrons. The van der Waals surface area contributed by atoms with E-state index in [9.17, 15) is 0 Å². The van der Waals surface area contributed by atoms with Crippen molar-refractivity contribution in [2.75, 3.05) is 26.2 Å². The Labute approximate surface area is 122 Å². The van der Waals surface area contributed by atoms with Crippen LogP contribution in [0.5, 0.6) is 0 Å². The number of likely N-dealkylation sites (tertiary alicyclic amines) is 1. The number of piperidine rings is 1. The summed E-state index contributed by atoms with van der Waals surface area (Å²) in [6, 6.07) is 8.47. The zero-order valence-corrected chi connectivity index (χ0v) is 12.3. The Hall–Kier alpha value is -1.34. The molecule has 1 heterocycles. The van der Waals surface area contributed by atoms with Gasteiger partial charge in [0.15, 0.2) is 0 Å². The monoisotopic (exact) mass is 272 g/mol. The highest BCUT2D eigenvalue weighted by atomic mass is 16.5. The predicted octanol–water partition coefficient (Wildman–Crippen LogP) is 2.00. The number of hydrogen-bond acceptors (Lipinski definition) is 3. The highest BCUT2D eigenvalue weighted by Gasteiger charge is 2.18. The molecule has 0 amide bonds. The van der Waals surface area contributed by atoms with Crippen molar-refractivity contribution < 1.29 is 4.74 Å². The first kappa shape index (κ1) is 15.1. The maximum absolute atomic E-state index is 5.68. The Bertz CT molecular complexity index is 450. The quantitative estimate of drug-likeness (QED) is 0.852. The maximum atomic E-state index is 5.68. The molecule has 1 saturated heterocycles. The van der Waals surface area contributed by atoms with E-state index in [1.54, 1.807) is 0 Å². The van der Waals surface area contributed by atoms with E-state index in [0.29, 0.717) is 12.6 Å². The third-order valence-electron chi connectivity index (χ3n) is 3.63. The Morgan fingerprint density at radius 2 is 1.95 bits per heavy atom. The molecule has 2 rings (SSSR count). The van der Waals surface area contributed by atoms with E-state index in [2.05, 4.69) is 47.9 Å². The van der Waals surface area contributed by atoms with Gasteiger partial charge in [0, 0.05) is 31.8 Å². The smallest absolute Gasteiger partial charge is 0.0599 e. The summed E-state index contributed by atoms with van der Waals surface area (Å²) in [6.45, 7) is 6.58. The van der Waals surface area contributed by atoms with E-state index in [-0.39, 0.29) is 0 Å². The van der Waals surface area contributed by atoms with Crippen molar-refractivity contribution >= 4 is 0 Å². The van der Waals surface area contributed by atoms with E-state index in [1.807, 2.05) is 0 Å². The molecule has 0 spiro atoms. The van der Waals surface area contributed by atoms with Crippen molar-refractivity contribution in [1.29, 1.82) is 0 Å². The van der Waals surface area contributed by atoms with Crippen LogP contribution >= 0.6 is 0 Å². The first-order valence-corrected chi connectivity index (χ1v) is 7.43. The summed E-state index contributed by atoms with van der Waals surface area (Å²) in [5.41, 5.74) is 7.75. The van der Waals surface area contributed by atoms with Crippen LogP contribution in [0.2, 0.25) is 0 Å². The van der Waals surface area contributed by atoms with Crippen LogP contribution in [0.4, 0.5) is 0 Å². The van der Waals surface area contributed by atoms with E-state index in [4.69, 9.17) is 10.5 Å². The van der Waals surface area contributed by atoms with E-state index in [1.165, 1.54) is 5.56 Å². The highest BCUT2D eigenvalue weighted by molar-refractivity contribution is 5.36. The molecule has 1 fully saturated rings. The fourth-order valence-corrected chi connectivity index (χ4v) is 2.57. The fraction of sp³-hybridized carbons (Fsp3) is 0.529. The standard InChI is InChI=1S/C17H24N2O/c1-2-20-17-9-12-19(13-10-17)14-16-7-5-15(6-8-16)4-3-11-18/h5-8,17H,2,9-14,18H2,1H3. The SMILES string of the molecule is CCOC1CCN(Cc2ccc(C#CCN)cc2)CC1. The third-order valence-corrected chi connectivity index (χ3v) is 3.63. The number of nitrogens with zero attached hydrogens (tertiary/aromatic N) is 1. The van der Waals surface area contributed by atoms with Gasteiger partial charge in [-0.05, 0) is 37.5 Å². The largest absolute Gasteiger partial charge is 0.378 e. The van der Waals surface area contributed by atoms with Gasteiger partial charge in [-0.3, -0.25) is 4.90 Å². The van der Waals surface area contributed by atoms with Crippen LogP contribution in [-0.4, -0.2) is 37.2 Å². The van der Waals surface area contributed by atoms with Gasteiger partial charge in [0.2, 0.25) is 0 Å². The summed E-state index contributed by atoms with van der Waals surface area (Å²) >= 11 is 0. The van der Waals surface area contributed by atoms with E-state index < -0.39 is 0 Å². The average Bonchev–Trinajstić information content (AvgIpc) is 2.49. The molecule has 0 aliphatic carbocycles. The number of hydrogen-bond donors (Lipinski definition) is 1. The molecule has 0 aromatic heterocycles. The topological polar surface area (TPSA) is 38.5 Å².